The number of hydrogen-bond donors (Lipinski definition) is 2. The van der Waals surface area contributed by atoms with Gasteiger partial charge in [0.1, 0.15) is 5.75 Å². The monoisotopic (exact) mass is 366 g/mol. The number of rotatable bonds is 7. The van der Waals surface area contributed by atoms with Gasteiger partial charge in [-0.2, -0.15) is 13.2 Å². The van der Waals surface area contributed by atoms with Crippen molar-refractivity contribution < 1.29 is 22.7 Å². The second-order valence-electron chi connectivity index (χ2n) is 5.93. The van der Waals surface area contributed by atoms with Crippen molar-refractivity contribution in [3.05, 3.63) is 59.7 Å². The van der Waals surface area contributed by atoms with Crippen LogP contribution in [0, 0.1) is 0 Å². The first-order chi connectivity index (χ1) is 12.3. The SMILES string of the molecule is COc1ccc(CNC(C)CC(=O)Nc2ccccc2C(F)(F)F)cc1. The Labute approximate surface area is 150 Å². The van der Waals surface area contributed by atoms with E-state index in [0.717, 1.165) is 17.4 Å². The van der Waals surface area contributed by atoms with Gasteiger partial charge in [-0.15, -0.1) is 0 Å². The van der Waals surface area contributed by atoms with Gasteiger partial charge >= 0.3 is 6.18 Å². The van der Waals surface area contributed by atoms with Crippen LogP contribution in [-0.2, 0) is 17.5 Å². The Hall–Kier alpha value is -2.54. The van der Waals surface area contributed by atoms with Gasteiger partial charge in [0.15, 0.2) is 0 Å². The van der Waals surface area contributed by atoms with E-state index >= 15 is 0 Å². The van der Waals surface area contributed by atoms with E-state index in [1.165, 1.54) is 18.2 Å². The summed E-state index contributed by atoms with van der Waals surface area (Å²) >= 11 is 0. The number of alkyl halides is 3. The Bertz CT molecular complexity index is 730. The van der Waals surface area contributed by atoms with E-state index in [1.807, 2.05) is 24.3 Å². The van der Waals surface area contributed by atoms with E-state index in [-0.39, 0.29) is 18.2 Å². The predicted molar refractivity (Wildman–Crippen MR) is 94.0 cm³/mol. The molecule has 140 valence electrons. The lowest BCUT2D eigenvalue weighted by molar-refractivity contribution is -0.137. The lowest BCUT2D eigenvalue weighted by Crippen LogP contribution is -2.30. The Morgan fingerprint density at radius 1 is 1.12 bits per heavy atom. The zero-order chi connectivity index (χ0) is 19.2. The summed E-state index contributed by atoms with van der Waals surface area (Å²) in [7, 11) is 1.59. The number of carbonyl (C=O) groups is 1. The lowest BCUT2D eigenvalue weighted by Gasteiger charge is -2.16. The van der Waals surface area contributed by atoms with Crippen molar-refractivity contribution in [3.63, 3.8) is 0 Å². The summed E-state index contributed by atoms with van der Waals surface area (Å²) in [5, 5.41) is 5.52. The fourth-order valence-corrected chi connectivity index (χ4v) is 2.43. The highest BCUT2D eigenvalue weighted by molar-refractivity contribution is 5.92. The first-order valence-corrected chi connectivity index (χ1v) is 8.12. The second-order valence-corrected chi connectivity index (χ2v) is 5.93. The molecule has 26 heavy (non-hydrogen) atoms. The number of anilines is 1. The fraction of sp³-hybridized carbons (Fsp3) is 0.316. The average Bonchev–Trinajstić information content (AvgIpc) is 2.60. The summed E-state index contributed by atoms with van der Waals surface area (Å²) in [6.07, 6.45) is -4.45. The van der Waals surface area contributed by atoms with Crippen LogP contribution >= 0.6 is 0 Å². The molecule has 0 aliphatic heterocycles. The van der Waals surface area contributed by atoms with Crippen molar-refractivity contribution in [2.45, 2.75) is 32.1 Å². The van der Waals surface area contributed by atoms with Gasteiger partial charge in [0.05, 0.1) is 18.4 Å². The number of halogens is 3. The molecule has 0 heterocycles. The minimum absolute atomic E-state index is 0.0579. The van der Waals surface area contributed by atoms with Crippen LogP contribution in [0.4, 0.5) is 18.9 Å². The molecule has 2 N–H and O–H groups in total. The molecular weight excluding hydrogens is 345 g/mol. The Balaban J connectivity index is 1.87. The van der Waals surface area contributed by atoms with Crippen LogP contribution in [0.25, 0.3) is 0 Å². The lowest BCUT2D eigenvalue weighted by atomic mass is 10.1. The molecule has 0 aliphatic carbocycles. The van der Waals surface area contributed by atoms with Crippen LogP contribution in [0.15, 0.2) is 48.5 Å². The van der Waals surface area contributed by atoms with Crippen molar-refractivity contribution in [1.29, 1.82) is 0 Å². The van der Waals surface area contributed by atoms with Gasteiger partial charge in [-0.05, 0) is 36.8 Å². The minimum atomic E-state index is -4.51. The van der Waals surface area contributed by atoms with Gasteiger partial charge in [0, 0.05) is 19.0 Å². The van der Waals surface area contributed by atoms with Crippen LogP contribution < -0.4 is 15.4 Å². The van der Waals surface area contributed by atoms with E-state index in [4.69, 9.17) is 4.74 Å². The van der Waals surface area contributed by atoms with Crippen molar-refractivity contribution in [2.75, 3.05) is 12.4 Å². The van der Waals surface area contributed by atoms with Crippen LogP contribution in [0.3, 0.4) is 0 Å². The normalized spacial score (nSPS) is 12.5. The molecule has 0 aromatic heterocycles. The summed E-state index contributed by atoms with van der Waals surface area (Å²) in [6, 6.07) is 12.2. The van der Waals surface area contributed by atoms with Crippen molar-refractivity contribution in [2.24, 2.45) is 0 Å². The number of hydrogen-bond acceptors (Lipinski definition) is 3. The number of benzene rings is 2. The summed E-state index contributed by atoms with van der Waals surface area (Å²) in [4.78, 5) is 12.1. The third-order valence-corrected chi connectivity index (χ3v) is 3.81. The summed E-state index contributed by atoms with van der Waals surface area (Å²) in [5.74, 6) is 0.279. The molecule has 0 bridgehead atoms. The van der Waals surface area contributed by atoms with Crippen molar-refractivity contribution in [1.82, 2.24) is 5.32 Å². The standard InChI is InChI=1S/C19H21F3N2O2/c1-13(23-12-14-7-9-15(26-2)10-8-14)11-18(25)24-17-6-4-3-5-16(17)19(20,21)22/h3-10,13,23H,11-12H2,1-2H3,(H,24,25). The topological polar surface area (TPSA) is 50.4 Å². The average molecular weight is 366 g/mol. The molecule has 0 spiro atoms. The van der Waals surface area contributed by atoms with Gasteiger partial charge in [-0.1, -0.05) is 24.3 Å². The molecule has 0 fully saturated rings. The summed E-state index contributed by atoms with van der Waals surface area (Å²) in [5.41, 5.74) is -0.0694. The van der Waals surface area contributed by atoms with E-state index in [0.29, 0.717) is 6.54 Å². The molecule has 0 saturated heterocycles. The molecule has 0 radical (unpaired) electrons. The Kier molecular flexibility index (Phi) is 6.63. The molecule has 0 aliphatic rings. The molecule has 2 aromatic rings. The van der Waals surface area contributed by atoms with E-state index in [9.17, 15) is 18.0 Å². The maximum Gasteiger partial charge on any atom is 0.418 e. The smallest absolute Gasteiger partial charge is 0.418 e. The summed E-state index contributed by atoms with van der Waals surface area (Å²) in [6.45, 7) is 2.34. The number of nitrogens with one attached hydrogen (secondary N) is 2. The number of methoxy groups -OCH3 is 1. The van der Waals surface area contributed by atoms with Crippen molar-refractivity contribution >= 4 is 11.6 Å². The third-order valence-electron chi connectivity index (χ3n) is 3.81. The fourth-order valence-electron chi connectivity index (χ4n) is 2.43. The minimum Gasteiger partial charge on any atom is -0.497 e. The van der Waals surface area contributed by atoms with E-state index in [2.05, 4.69) is 10.6 Å². The molecule has 7 heteroatoms. The van der Waals surface area contributed by atoms with Gasteiger partial charge in [-0.25, -0.2) is 0 Å². The van der Waals surface area contributed by atoms with Crippen LogP contribution in [-0.4, -0.2) is 19.1 Å². The second kappa shape index (κ2) is 8.71. The molecule has 1 unspecified atom stereocenters. The zero-order valence-electron chi connectivity index (χ0n) is 14.6. The first-order valence-electron chi connectivity index (χ1n) is 8.12. The summed E-state index contributed by atoms with van der Waals surface area (Å²) < 4.78 is 43.9. The number of para-hydroxylation sites is 1. The van der Waals surface area contributed by atoms with Crippen molar-refractivity contribution in [3.8, 4) is 5.75 Å². The molecule has 2 aromatic carbocycles. The van der Waals surface area contributed by atoms with Crippen LogP contribution in [0.2, 0.25) is 0 Å². The van der Waals surface area contributed by atoms with E-state index in [1.54, 1.807) is 14.0 Å². The van der Waals surface area contributed by atoms with Crippen LogP contribution in [0.1, 0.15) is 24.5 Å². The maximum absolute atomic E-state index is 13.0. The molecule has 0 saturated carbocycles. The first kappa shape index (κ1) is 19.8. The molecule has 2 rings (SSSR count). The molecule has 1 amide bonds. The highest BCUT2D eigenvalue weighted by atomic mass is 19.4. The Morgan fingerprint density at radius 3 is 2.38 bits per heavy atom. The van der Waals surface area contributed by atoms with Gasteiger partial charge in [-0.3, -0.25) is 4.79 Å². The van der Waals surface area contributed by atoms with Gasteiger partial charge in [0.25, 0.3) is 0 Å². The van der Waals surface area contributed by atoms with Gasteiger partial charge in [0.2, 0.25) is 5.91 Å². The molecule has 1 atom stereocenters. The molecule has 4 nitrogen and oxygen atoms in total. The number of ether oxygens (including phenoxy) is 1. The largest absolute Gasteiger partial charge is 0.497 e. The predicted octanol–water partition coefficient (Wildman–Crippen LogP) is 4.22. The third kappa shape index (κ3) is 5.77. The number of amides is 1. The quantitative estimate of drug-likeness (QED) is 0.771. The highest BCUT2D eigenvalue weighted by Crippen LogP contribution is 2.34. The van der Waals surface area contributed by atoms with Gasteiger partial charge < -0.3 is 15.4 Å². The number of carbonyl (C=O) groups excluding carboxylic acids is 1. The van der Waals surface area contributed by atoms with Crippen LogP contribution in [0.5, 0.6) is 5.75 Å². The maximum atomic E-state index is 13.0. The Morgan fingerprint density at radius 2 is 1.77 bits per heavy atom. The highest BCUT2D eigenvalue weighted by Gasteiger charge is 2.33. The molecular formula is C19H21F3N2O2. The zero-order valence-corrected chi connectivity index (χ0v) is 14.6. The van der Waals surface area contributed by atoms with E-state index < -0.39 is 17.6 Å².